The van der Waals surface area contributed by atoms with Gasteiger partial charge in [-0.3, -0.25) is 0 Å². The van der Waals surface area contributed by atoms with Crippen molar-refractivity contribution < 1.29 is 13.2 Å². The predicted octanol–water partition coefficient (Wildman–Crippen LogP) is 5.85. The minimum absolute atomic E-state index is 0.0269. The maximum Gasteiger partial charge on any atom is 0.161 e. The first-order valence-corrected chi connectivity index (χ1v) is 7.51. The molecule has 0 amide bonds. The summed E-state index contributed by atoms with van der Waals surface area (Å²) in [6.45, 7) is 0. The second-order valence-corrected chi connectivity index (χ2v) is 6.33. The standard InChI is InChI=1S/C13H6BrClF3I/c14-13(8-3-6(15)1-2-12(8)19)7-4-10(17)11(18)5-9(7)16/h1-5,13H. The Balaban J connectivity index is 2.52. The topological polar surface area (TPSA) is 0 Å². The van der Waals surface area contributed by atoms with E-state index in [4.69, 9.17) is 11.6 Å². The van der Waals surface area contributed by atoms with Crippen molar-refractivity contribution in [2.45, 2.75) is 4.83 Å². The summed E-state index contributed by atoms with van der Waals surface area (Å²) in [6.07, 6.45) is 0. The second kappa shape index (κ2) is 6.01. The highest BCUT2D eigenvalue weighted by Crippen LogP contribution is 2.36. The number of halogens is 6. The van der Waals surface area contributed by atoms with Gasteiger partial charge in [0.05, 0.1) is 4.83 Å². The van der Waals surface area contributed by atoms with Gasteiger partial charge in [-0.1, -0.05) is 27.5 Å². The molecule has 0 spiro atoms. The first-order valence-electron chi connectivity index (χ1n) is 5.13. The second-order valence-electron chi connectivity index (χ2n) is 3.82. The zero-order chi connectivity index (χ0) is 14.2. The number of hydrogen-bond donors (Lipinski definition) is 0. The molecule has 2 rings (SSSR count). The van der Waals surface area contributed by atoms with E-state index >= 15 is 0 Å². The molecule has 0 saturated carbocycles. The van der Waals surface area contributed by atoms with Crippen LogP contribution < -0.4 is 0 Å². The van der Waals surface area contributed by atoms with E-state index in [0.717, 1.165) is 9.64 Å². The van der Waals surface area contributed by atoms with Crippen LogP contribution in [0.4, 0.5) is 13.2 Å². The fourth-order valence-corrected chi connectivity index (χ4v) is 3.59. The molecule has 0 nitrogen and oxygen atoms in total. The molecule has 0 aliphatic rings. The Morgan fingerprint density at radius 2 is 1.58 bits per heavy atom. The van der Waals surface area contributed by atoms with Crippen LogP contribution in [0.1, 0.15) is 16.0 Å². The van der Waals surface area contributed by atoms with Crippen LogP contribution in [0.5, 0.6) is 0 Å². The lowest BCUT2D eigenvalue weighted by Crippen LogP contribution is -2.01. The fourth-order valence-electron chi connectivity index (χ4n) is 1.61. The molecular weight excluding hydrogens is 455 g/mol. The summed E-state index contributed by atoms with van der Waals surface area (Å²) in [5.41, 5.74) is 0.720. The van der Waals surface area contributed by atoms with Gasteiger partial charge in [-0.05, 0) is 52.4 Å². The molecule has 2 aromatic rings. The minimum atomic E-state index is -1.21. The van der Waals surface area contributed by atoms with Gasteiger partial charge in [-0.2, -0.15) is 0 Å². The lowest BCUT2D eigenvalue weighted by Gasteiger charge is -2.14. The largest absolute Gasteiger partial charge is 0.207 e. The zero-order valence-corrected chi connectivity index (χ0v) is 13.7. The van der Waals surface area contributed by atoms with Crippen molar-refractivity contribution in [1.29, 1.82) is 0 Å². The summed E-state index contributed by atoms with van der Waals surface area (Å²) in [4.78, 5) is -0.604. The van der Waals surface area contributed by atoms with Crippen molar-refractivity contribution in [3.05, 3.63) is 67.5 Å². The average Bonchev–Trinajstić information content (AvgIpc) is 2.36. The lowest BCUT2D eigenvalue weighted by molar-refractivity contribution is 0.491. The minimum Gasteiger partial charge on any atom is -0.207 e. The Kier molecular flexibility index (Phi) is 4.79. The molecule has 19 heavy (non-hydrogen) atoms. The maximum absolute atomic E-state index is 13.7. The summed E-state index contributed by atoms with van der Waals surface area (Å²) < 4.78 is 40.7. The molecule has 0 bridgehead atoms. The van der Waals surface area contributed by atoms with Crippen LogP contribution in [-0.2, 0) is 0 Å². The van der Waals surface area contributed by atoms with Gasteiger partial charge in [0.15, 0.2) is 11.6 Å². The van der Waals surface area contributed by atoms with Crippen LogP contribution in [0.3, 0.4) is 0 Å². The average molecular weight is 461 g/mol. The Morgan fingerprint density at radius 3 is 2.26 bits per heavy atom. The fraction of sp³-hybridized carbons (Fsp3) is 0.0769. The van der Waals surface area contributed by atoms with E-state index in [0.29, 0.717) is 16.7 Å². The van der Waals surface area contributed by atoms with Crippen molar-refractivity contribution in [2.24, 2.45) is 0 Å². The Hall–Kier alpha value is -0.270. The number of benzene rings is 2. The quantitative estimate of drug-likeness (QED) is 0.299. The number of hydrogen-bond acceptors (Lipinski definition) is 0. The maximum atomic E-state index is 13.7. The van der Waals surface area contributed by atoms with Crippen LogP contribution in [0.25, 0.3) is 0 Å². The molecule has 0 N–H and O–H groups in total. The number of alkyl halides is 1. The molecule has 1 unspecified atom stereocenters. The first-order chi connectivity index (χ1) is 8.90. The highest BCUT2D eigenvalue weighted by atomic mass is 127. The van der Waals surface area contributed by atoms with Gasteiger partial charge in [0.1, 0.15) is 5.82 Å². The molecule has 6 heteroatoms. The van der Waals surface area contributed by atoms with Crippen LogP contribution >= 0.6 is 50.1 Å². The van der Waals surface area contributed by atoms with E-state index in [1.807, 2.05) is 0 Å². The smallest absolute Gasteiger partial charge is 0.161 e. The molecule has 0 saturated heterocycles. The third-order valence-corrected chi connectivity index (χ3v) is 4.75. The molecule has 0 radical (unpaired) electrons. The van der Waals surface area contributed by atoms with Gasteiger partial charge in [0, 0.05) is 20.2 Å². The highest BCUT2D eigenvalue weighted by Gasteiger charge is 2.20. The lowest BCUT2D eigenvalue weighted by atomic mass is 10.0. The molecular formula is C13H6BrClF3I. The van der Waals surface area contributed by atoms with Crippen molar-refractivity contribution >= 4 is 50.1 Å². The molecule has 0 aromatic heterocycles. The van der Waals surface area contributed by atoms with E-state index < -0.39 is 22.3 Å². The summed E-state index contributed by atoms with van der Waals surface area (Å²) in [6, 6.07) is 6.51. The Bertz CT molecular complexity index is 634. The Morgan fingerprint density at radius 1 is 0.947 bits per heavy atom. The zero-order valence-electron chi connectivity index (χ0n) is 9.23. The van der Waals surface area contributed by atoms with Crippen molar-refractivity contribution in [3.63, 3.8) is 0 Å². The summed E-state index contributed by atoms with van der Waals surface area (Å²) >= 11 is 11.3. The van der Waals surface area contributed by atoms with Crippen LogP contribution in [0.2, 0.25) is 5.02 Å². The van der Waals surface area contributed by atoms with Gasteiger partial charge >= 0.3 is 0 Å². The molecule has 1 atom stereocenters. The third-order valence-electron chi connectivity index (χ3n) is 2.54. The normalized spacial score (nSPS) is 12.5. The first kappa shape index (κ1) is 15.1. The molecule has 0 heterocycles. The molecule has 2 aromatic carbocycles. The predicted molar refractivity (Wildman–Crippen MR) is 81.3 cm³/mol. The van der Waals surface area contributed by atoms with E-state index in [9.17, 15) is 13.2 Å². The number of rotatable bonds is 2. The monoisotopic (exact) mass is 460 g/mol. The molecule has 0 aliphatic heterocycles. The van der Waals surface area contributed by atoms with E-state index in [2.05, 4.69) is 38.5 Å². The van der Waals surface area contributed by atoms with Gasteiger partial charge < -0.3 is 0 Å². The van der Waals surface area contributed by atoms with E-state index in [1.165, 1.54) is 0 Å². The van der Waals surface area contributed by atoms with Crippen LogP contribution in [0, 0.1) is 21.0 Å². The van der Waals surface area contributed by atoms with Crippen LogP contribution in [0.15, 0.2) is 30.3 Å². The van der Waals surface area contributed by atoms with Crippen molar-refractivity contribution in [1.82, 2.24) is 0 Å². The van der Waals surface area contributed by atoms with Gasteiger partial charge in [-0.25, -0.2) is 13.2 Å². The summed E-state index contributed by atoms with van der Waals surface area (Å²) in [7, 11) is 0. The third kappa shape index (κ3) is 3.25. The van der Waals surface area contributed by atoms with Gasteiger partial charge in [0.25, 0.3) is 0 Å². The van der Waals surface area contributed by atoms with Crippen molar-refractivity contribution in [2.75, 3.05) is 0 Å². The van der Waals surface area contributed by atoms with Gasteiger partial charge in [0.2, 0.25) is 0 Å². The van der Waals surface area contributed by atoms with Crippen molar-refractivity contribution in [3.8, 4) is 0 Å². The highest BCUT2D eigenvalue weighted by molar-refractivity contribution is 14.1. The molecule has 0 aliphatic carbocycles. The molecule has 0 fully saturated rings. The summed E-state index contributed by atoms with van der Waals surface area (Å²) in [5, 5.41) is 0.489. The Labute approximate surface area is 135 Å². The molecule has 100 valence electrons. The summed E-state index contributed by atoms with van der Waals surface area (Å²) in [5.74, 6) is -3.10. The van der Waals surface area contributed by atoms with Gasteiger partial charge in [-0.15, -0.1) is 0 Å². The SMILES string of the molecule is Fc1cc(F)c(C(Br)c2cc(Cl)ccc2I)cc1F. The van der Waals surface area contributed by atoms with E-state index in [1.54, 1.807) is 18.2 Å². The van der Waals surface area contributed by atoms with Crippen LogP contribution in [-0.4, -0.2) is 0 Å². The van der Waals surface area contributed by atoms with E-state index in [-0.39, 0.29) is 5.56 Å².